The minimum absolute atomic E-state index is 0.618. The zero-order valence-electron chi connectivity index (χ0n) is 21.2. The minimum atomic E-state index is -1.91. The molecule has 0 bridgehead atoms. The van der Waals surface area contributed by atoms with E-state index in [1.807, 2.05) is 0 Å². The number of unbranched alkanes of at least 4 members (excludes halogenated alkanes) is 1. The Kier molecular flexibility index (Phi) is 10.1. The second-order valence-corrected chi connectivity index (χ2v) is 26.6. The second kappa shape index (κ2) is 10.1. The highest BCUT2D eigenvalue weighted by molar-refractivity contribution is 6.90. The summed E-state index contributed by atoms with van der Waals surface area (Å²) in [5, 5.41) is 0. The first-order valence-electron chi connectivity index (χ1n) is 11.2. The van der Waals surface area contributed by atoms with Crippen molar-refractivity contribution in [2.75, 3.05) is 0 Å². The predicted octanol–water partition coefficient (Wildman–Crippen LogP) is 8.57. The molecule has 2 nitrogen and oxygen atoms in total. The molecular weight excluding hydrogens is 379 g/mol. The van der Waals surface area contributed by atoms with Gasteiger partial charge in [-0.2, -0.15) is 0 Å². The SMILES string of the molecule is CCCC/C(=C(\C)O[Si](C(C)C)(C(C)C)C(C)C)N([Si](C)(C)C)[Si](C)(C)C. The van der Waals surface area contributed by atoms with E-state index in [0.717, 1.165) is 6.42 Å². The van der Waals surface area contributed by atoms with Crippen LogP contribution in [0.4, 0.5) is 0 Å². The van der Waals surface area contributed by atoms with Crippen molar-refractivity contribution in [1.29, 1.82) is 0 Å². The average molecular weight is 430 g/mol. The van der Waals surface area contributed by atoms with Crippen molar-refractivity contribution in [2.45, 2.75) is 131 Å². The zero-order valence-corrected chi connectivity index (χ0v) is 24.2. The minimum Gasteiger partial charge on any atom is -0.545 e. The lowest BCUT2D eigenvalue weighted by Gasteiger charge is -2.49. The molecule has 0 fully saturated rings. The molecule has 0 atom stereocenters. The molecule has 0 unspecified atom stereocenters. The van der Waals surface area contributed by atoms with E-state index in [1.54, 1.807) is 0 Å². The third-order valence-corrected chi connectivity index (χ3v) is 19.1. The maximum absolute atomic E-state index is 7.17. The first-order chi connectivity index (χ1) is 12.0. The normalized spacial score (nSPS) is 14.9. The molecule has 0 saturated carbocycles. The number of hydrogen-bond donors (Lipinski definition) is 0. The van der Waals surface area contributed by atoms with E-state index in [4.69, 9.17) is 4.43 Å². The molecule has 0 aliphatic heterocycles. The fourth-order valence-electron chi connectivity index (χ4n) is 5.28. The molecule has 0 aromatic heterocycles. The summed E-state index contributed by atoms with van der Waals surface area (Å²) in [6.07, 6.45) is 3.65. The highest BCUT2D eigenvalue weighted by Gasteiger charge is 2.47. The highest BCUT2D eigenvalue weighted by Crippen LogP contribution is 2.44. The topological polar surface area (TPSA) is 12.5 Å². The standard InChI is InChI=1S/C22H51NOSi3/c1-15-16-17-22(23(25(9,10)11)26(12,13)14)21(8)24-27(18(2)3,19(4)5)20(6)7/h18-20H,15-17H2,1-14H3/b22-21-. The molecule has 162 valence electrons. The van der Waals surface area contributed by atoms with Crippen molar-refractivity contribution in [3.63, 3.8) is 0 Å². The van der Waals surface area contributed by atoms with Gasteiger partial charge in [0.25, 0.3) is 8.32 Å². The van der Waals surface area contributed by atoms with Gasteiger partial charge in [-0.3, -0.25) is 0 Å². The highest BCUT2D eigenvalue weighted by atomic mass is 28.4. The molecule has 0 aromatic rings. The van der Waals surface area contributed by atoms with Crippen molar-refractivity contribution in [3.8, 4) is 0 Å². The molecule has 0 aliphatic rings. The van der Waals surface area contributed by atoms with Crippen LogP contribution in [-0.4, -0.2) is 29.0 Å². The van der Waals surface area contributed by atoms with E-state index in [1.165, 1.54) is 24.3 Å². The average Bonchev–Trinajstić information content (AvgIpc) is 2.44. The van der Waals surface area contributed by atoms with E-state index in [0.29, 0.717) is 16.6 Å². The Hall–Kier alpha value is -0.00935. The van der Waals surface area contributed by atoms with Crippen molar-refractivity contribution in [1.82, 2.24) is 4.23 Å². The molecule has 5 heteroatoms. The van der Waals surface area contributed by atoms with Crippen LogP contribution < -0.4 is 0 Å². The Bertz CT molecular complexity index is 449. The monoisotopic (exact) mass is 429 g/mol. The number of nitrogens with zero attached hydrogens (tertiary/aromatic N) is 1. The van der Waals surface area contributed by atoms with Gasteiger partial charge in [0.15, 0.2) is 0 Å². The molecule has 27 heavy (non-hydrogen) atoms. The molecule has 0 saturated heterocycles. The summed E-state index contributed by atoms with van der Waals surface area (Å²) in [7, 11) is -4.87. The maximum Gasteiger partial charge on any atom is 0.258 e. The van der Waals surface area contributed by atoms with E-state index in [2.05, 4.69) is 98.9 Å². The molecular formula is C22H51NOSi3. The van der Waals surface area contributed by atoms with Crippen LogP contribution in [0.2, 0.25) is 55.9 Å². The smallest absolute Gasteiger partial charge is 0.258 e. The van der Waals surface area contributed by atoms with Crippen molar-refractivity contribution in [2.24, 2.45) is 0 Å². The summed E-state index contributed by atoms with van der Waals surface area (Å²) in [5.74, 6) is 1.25. The zero-order chi connectivity index (χ0) is 21.8. The molecule has 0 N–H and O–H groups in total. The molecule has 0 spiro atoms. The van der Waals surface area contributed by atoms with Crippen molar-refractivity contribution in [3.05, 3.63) is 11.5 Å². The van der Waals surface area contributed by atoms with Crippen LogP contribution in [0.1, 0.15) is 74.7 Å². The van der Waals surface area contributed by atoms with E-state index in [-0.39, 0.29) is 0 Å². The quantitative estimate of drug-likeness (QED) is 0.241. The van der Waals surface area contributed by atoms with Gasteiger partial charge in [-0.15, -0.1) is 0 Å². The number of hydrogen-bond acceptors (Lipinski definition) is 2. The Balaban J connectivity index is 6.47. The molecule has 0 aromatic carbocycles. The van der Waals surface area contributed by atoms with Crippen LogP contribution in [-0.2, 0) is 4.43 Å². The predicted molar refractivity (Wildman–Crippen MR) is 133 cm³/mol. The number of rotatable bonds is 11. The molecule has 0 amide bonds. The van der Waals surface area contributed by atoms with Crippen molar-refractivity contribution >= 4 is 24.8 Å². The second-order valence-electron chi connectivity index (χ2n) is 11.2. The van der Waals surface area contributed by atoms with E-state index >= 15 is 0 Å². The largest absolute Gasteiger partial charge is 0.545 e. The lowest BCUT2D eigenvalue weighted by atomic mass is 10.2. The van der Waals surface area contributed by atoms with Crippen LogP contribution in [0.15, 0.2) is 11.5 Å². The van der Waals surface area contributed by atoms with Crippen molar-refractivity contribution < 1.29 is 4.43 Å². The van der Waals surface area contributed by atoms with Gasteiger partial charge in [0.2, 0.25) is 0 Å². The Morgan fingerprint density at radius 1 is 0.778 bits per heavy atom. The van der Waals surface area contributed by atoms with Crippen LogP contribution in [0.25, 0.3) is 0 Å². The van der Waals surface area contributed by atoms with E-state index < -0.39 is 24.8 Å². The fourth-order valence-corrected chi connectivity index (χ4v) is 20.8. The van der Waals surface area contributed by atoms with Gasteiger partial charge in [0, 0.05) is 5.70 Å². The van der Waals surface area contributed by atoms with Gasteiger partial charge in [0.05, 0.1) is 5.76 Å². The third kappa shape index (κ3) is 6.77. The van der Waals surface area contributed by atoms with Crippen LogP contribution in [0.3, 0.4) is 0 Å². The number of allylic oxidation sites excluding steroid dienone is 2. The van der Waals surface area contributed by atoms with Crippen LogP contribution >= 0.6 is 0 Å². The Morgan fingerprint density at radius 3 is 1.41 bits per heavy atom. The summed E-state index contributed by atoms with van der Waals surface area (Å²) in [5.41, 5.74) is 3.39. The lowest BCUT2D eigenvalue weighted by Crippen LogP contribution is -2.58. The van der Waals surface area contributed by atoms with Gasteiger partial charge in [0.1, 0.15) is 16.5 Å². The lowest BCUT2D eigenvalue weighted by molar-refractivity contribution is 0.356. The van der Waals surface area contributed by atoms with Crippen LogP contribution in [0, 0.1) is 0 Å². The fraction of sp³-hybridized carbons (Fsp3) is 0.909. The molecule has 0 radical (unpaired) electrons. The first kappa shape index (κ1) is 27.0. The maximum atomic E-state index is 7.17. The van der Waals surface area contributed by atoms with Gasteiger partial charge in [-0.25, -0.2) is 0 Å². The first-order valence-corrected chi connectivity index (χ1v) is 20.3. The summed E-state index contributed by atoms with van der Waals surface area (Å²) in [6.45, 7) is 33.9. The molecule has 0 rings (SSSR count). The summed E-state index contributed by atoms with van der Waals surface area (Å²) >= 11 is 0. The summed E-state index contributed by atoms with van der Waals surface area (Å²) in [6, 6.07) is 0. The van der Waals surface area contributed by atoms with Gasteiger partial charge in [-0.1, -0.05) is 94.2 Å². The Labute approximate surface area is 175 Å². The third-order valence-electron chi connectivity index (χ3n) is 5.82. The van der Waals surface area contributed by atoms with Gasteiger partial charge < -0.3 is 8.66 Å². The molecule has 0 aliphatic carbocycles. The van der Waals surface area contributed by atoms with E-state index in [9.17, 15) is 0 Å². The van der Waals surface area contributed by atoms with Crippen LogP contribution in [0.5, 0.6) is 0 Å². The summed E-state index contributed by atoms with van der Waals surface area (Å²) in [4.78, 5) is 0. The van der Waals surface area contributed by atoms with Gasteiger partial charge in [-0.05, 0) is 36.4 Å². The molecule has 0 heterocycles. The summed E-state index contributed by atoms with van der Waals surface area (Å²) < 4.78 is 10.1. The Morgan fingerprint density at radius 2 is 1.15 bits per heavy atom. The van der Waals surface area contributed by atoms with Gasteiger partial charge >= 0.3 is 0 Å².